The third-order valence-corrected chi connectivity index (χ3v) is 5.65. The van der Waals surface area contributed by atoms with E-state index in [2.05, 4.69) is 19.2 Å². The van der Waals surface area contributed by atoms with Gasteiger partial charge in [0.1, 0.15) is 0 Å². The first-order chi connectivity index (χ1) is 14.1. The minimum absolute atomic E-state index is 0.123. The zero-order chi connectivity index (χ0) is 22.7. The van der Waals surface area contributed by atoms with Gasteiger partial charge in [-0.1, -0.05) is 33.1 Å². The molecule has 4 N–H and O–H groups in total. The number of carboxylic acid groups (broad SMARTS) is 3. The van der Waals surface area contributed by atoms with E-state index >= 15 is 0 Å². The molecule has 0 radical (unpaired) electrons. The van der Waals surface area contributed by atoms with Crippen molar-refractivity contribution in [3.63, 3.8) is 0 Å². The fourth-order valence-electron chi connectivity index (χ4n) is 3.95. The van der Waals surface area contributed by atoms with Gasteiger partial charge in [0.25, 0.3) is 0 Å². The Labute approximate surface area is 177 Å². The molecule has 1 aliphatic carbocycles. The van der Waals surface area contributed by atoms with Crippen LogP contribution in [0.25, 0.3) is 0 Å². The number of aliphatic carboxylic acids is 3. The summed E-state index contributed by atoms with van der Waals surface area (Å²) in [5.41, 5.74) is 0. The van der Waals surface area contributed by atoms with E-state index in [-0.39, 0.29) is 19.0 Å². The first-order valence-corrected chi connectivity index (χ1v) is 10.5. The summed E-state index contributed by atoms with van der Waals surface area (Å²) in [6.45, 7) is 3.28. The number of carbonyl (C=O) groups excluding carboxylic acids is 1. The number of nitrogens with one attached hydrogen (secondary N) is 1. The van der Waals surface area contributed by atoms with Gasteiger partial charge >= 0.3 is 17.9 Å². The highest BCUT2D eigenvalue weighted by molar-refractivity contribution is 5.79. The van der Waals surface area contributed by atoms with Crippen molar-refractivity contribution in [3.8, 4) is 0 Å². The minimum atomic E-state index is -1.15. The first kappa shape index (κ1) is 25.8. The number of nitrogens with zero attached hydrogens (tertiary/aromatic N) is 2. The van der Waals surface area contributed by atoms with E-state index in [0.29, 0.717) is 25.3 Å². The lowest BCUT2D eigenvalue weighted by Crippen LogP contribution is -2.58. The summed E-state index contributed by atoms with van der Waals surface area (Å²) < 4.78 is 0. The number of hydrogen-bond donors (Lipinski definition) is 4. The molecule has 1 fully saturated rings. The van der Waals surface area contributed by atoms with E-state index in [4.69, 9.17) is 0 Å². The third kappa shape index (κ3) is 9.53. The molecule has 10 nitrogen and oxygen atoms in total. The molecule has 30 heavy (non-hydrogen) atoms. The molecule has 0 aromatic heterocycles. The fraction of sp³-hybridized carbons (Fsp3) is 0.800. The van der Waals surface area contributed by atoms with E-state index in [1.54, 1.807) is 4.90 Å². The first-order valence-electron chi connectivity index (χ1n) is 10.5. The van der Waals surface area contributed by atoms with Gasteiger partial charge in [0.2, 0.25) is 5.91 Å². The number of amides is 1. The lowest BCUT2D eigenvalue weighted by atomic mass is 9.87. The Balaban J connectivity index is 2.92. The molecule has 1 aliphatic rings. The predicted octanol–water partition coefficient (Wildman–Crippen LogP) is 0.708. The maximum atomic E-state index is 12.4. The molecular formula is C20H35N3O7. The van der Waals surface area contributed by atoms with E-state index in [1.807, 2.05) is 0 Å². The fourth-order valence-corrected chi connectivity index (χ4v) is 3.95. The zero-order valence-electron chi connectivity index (χ0n) is 17.9. The highest BCUT2D eigenvalue weighted by atomic mass is 16.4. The molecule has 0 aromatic rings. The van der Waals surface area contributed by atoms with Gasteiger partial charge in [-0.25, -0.2) is 0 Å². The van der Waals surface area contributed by atoms with Crippen LogP contribution in [0.4, 0.5) is 0 Å². The second kappa shape index (κ2) is 13.2. The summed E-state index contributed by atoms with van der Waals surface area (Å²) in [6, 6.07) is -0.855. The smallest absolute Gasteiger partial charge is 0.317 e. The highest BCUT2D eigenvalue weighted by Crippen LogP contribution is 2.27. The van der Waals surface area contributed by atoms with Crippen LogP contribution in [-0.2, 0) is 19.2 Å². The predicted molar refractivity (Wildman–Crippen MR) is 109 cm³/mol. The Morgan fingerprint density at radius 2 is 1.30 bits per heavy atom. The number of hydrogen-bond acceptors (Lipinski definition) is 6. The van der Waals surface area contributed by atoms with Gasteiger partial charge in [-0.2, -0.15) is 0 Å². The molecule has 0 bridgehead atoms. The average Bonchev–Trinajstić information content (AvgIpc) is 2.65. The maximum Gasteiger partial charge on any atom is 0.317 e. The lowest BCUT2D eigenvalue weighted by Gasteiger charge is -2.43. The van der Waals surface area contributed by atoms with E-state index in [1.165, 1.54) is 4.90 Å². The highest BCUT2D eigenvalue weighted by Gasteiger charge is 2.37. The Morgan fingerprint density at radius 1 is 0.867 bits per heavy atom. The van der Waals surface area contributed by atoms with Crippen LogP contribution in [0.3, 0.4) is 0 Å². The van der Waals surface area contributed by atoms with Crippen molar-refractivity contribution < 1.29 is 34.5 Å². The van der Waals surface area contributed by atoms with Crippen LogP contribution in [0.15, 0.2) is 0 Å². The van der Waals surface area contributed by atoms with Gasteiger partial charge in [0.15, 0.2) is 0 Å². The van der Waals surface area contributed by atoms with E-state index in [9.17, 15) is 34.5 Å². The minimum Gasteiger partial charge on any atom is -0.480 e. The van der Waals surface area contributed by atoms with Crippen LogP contribution >= 0.6 is 0 Å². The molecule has 1 rings (SSSR count). The third-order valence-electron chi connectivity index (χ3n) is 5.65. The summed E-state index contributed by atoms with van der Waals surface area (Å²) in [5.74, 6) is -3.19. The Morgan fingerprint density at radius 3 is 1.70 bits per heavy atom. The molecule has 0 saturated heterocycles. The van der Waals surface area contributed by atoms with Crippen molar-refractivity contribution in [1.29, 1.82) is 0 Å². The summed E-state index contributed by atoms with van der Waals surface area (Å²) in [4.78, 5) is 49.3. The molecule has 0 spiro atoms. The van der Waals surface area contributed by atoms with Crippen LogP contribution in [-0.4, -0.2) is 93.7 Å². The molecule has 0 aliphatic heterocycles. The van der Waals surface area contributed by atoms with Crippen LogP contribution in [0.1, 0.15) is 52.4 Å². The summed E-state index contributed by atoms with van der Waals surface area (Å²) in [5, 5.41) is 30.6. The molecule has 3 unspecified atom stereocenters. The van der Waals surface area contributed by atoms with Gasteiger partial charge in [0, 0.05) is 18.6 Å². The van der Waals surface area contributed by atoms with E-state index in [0.717, 1.165) is 25.7 Å². The van der Waals surface area contributed by atoms with Crippen molar-refractivity contribution in [2.75, 3.05) is 32.7 Å². The van der Waals surface area contributed by atoms with Crippen LogP contribution in [0.5, 0.6) is 0 Å². The lowest BCUT2D eigenvalue weighted by molar-refractivity contribution is -0.147. The van der Waals surface area contributed by atoms with Crippen molar-refractivity contribution in [2.45, 2.75) is 64.5 Å². The molecule has 1 saturated carbocycles. The monoisotopic (exact) mass is 429 g/mol. The van der Waals surface area contributed by atoms with E-state index < -0.39 is 43.1 Å². The average molecular weight is 430 g/mol. The Bertz CT molecular complexity index is 583. The Kier molecular flexibility index (Phi) is 11.3. The van der Waals surface area contributed by atoms with Gasteiger partial charge < -0.3 is 20.6 Å². The van der Waals surface area contributed by atoms with Gasteiger partial charge in [-0.15, -0.1) is 0 Å². The molecule has 0 aromatic carbocycles. The number of carboxylic acids is 3. The molecule has 10 heteroatoms. The van der Waals surface area contributed by atoms with Crippen LogP contribution in [0, 0.1) is 5.92 Å². The Hall–Kier alpha value is -2.20. The number of rotatable bonds is 14. The second-order valence-electron chi connectivity index (χ2n) is 8.06. The topological polar surface area (TPSA) is 147 Å². The molecule has 172 valence electrons. The molecule has 1 amide bonds. The van der Waals surface area contributed by atoms with Crippen LogP contribution < -0.4 is 5.32 Å². The zero-order valence-corrected chi connectivity index (χ0v) is 17.9. The molecular weight excluding hydrogens is 394 g/mol. The van der Waals surface area contributed by atoms with Crippen molar-refractivity contribution >= 4 is 23.8 Å². The molecule has 3 atom stereocenters. The summed E-state index contributed by atoms with van der Waals surface area (Å²) in [7, 11) is 0. The van der Waals surface area contributed by atoms with Crippen molar-refractivity contribution in [3.05, 3.63) is 0 Å². The quantitative estimate of drug-likeness (QED) is 0.313. The maximum absolute atomic E-state index is 12.4. The van der Waals surface area contributed by atoms with Gasteiger partial charge in [-0.05, 0) is 25.2 Å². The standard InChI is InChI=1S/C20H35N3O7/c1-3-14(2)8-9-21-17(24)10-22(11-18(25)26)15-6-4-5-7-16(15)23(12-19(27)28)13-20(29)30/h14-16H,3-13H2,1-2H3,(H,21,24)(H,25,26)(H,27,28)(H,29,30). The second-order valence-corrected chi connectivity index (χ2v) is 8.06. The SMILES string of the molecule is CCC(C)CCNC(=O)CN(CC(=O)O)C1CCCCC1N(CC(=O)O)CC(=O)O. The van der Waals surface area contributed by atoms with Crippen LogP contribution in [0.2, 0.25) is 0 Å². The van der Waals surface area contributed by atoms with Gasteiger partial charge in [-0.3, -0.25) is 29.0 Å². The summed E-state index contributed by atoms with van der Waals surface area (Å²) in [6.07, 6.45) is 4.57. The van der Waals surface area contributed by atoms with Gasteiger partial charge in [0.05, 0.1) is 26.2 Å². The molecule has 0 heterocycles. The van der Waals surface area contributed by atoms with Crippen molar-refractivity contribution in [1.82, 2.24) is 15.1 Å². The normalized spacial score (nSPS) is 20.1. The summed E-state index contributed by atoms with van der Waals surface area (Å²) >= 11 is 0. The largest absolute Gasteiger partial charge is 0.480 e. The van der Waals surface area contributed by atoms with Crippen molar-refractivity contribution in [2.24, 2.45) is 5.92 Å². The number of carbonyl (C=O) groups is 4.